The van der Waals surface area contributed by atoms with Gasteiger partial charge in [0.2, 0.25) is 0 Å². The minimum absolute atomic E-state index is 0.0132. The Bertz CT molecular complexity index is 613. The highest BCUT2D eigenvalue weighted by Crippen LogP contribution is 2.24. The molecule has 0 atom stereocenters. The van der Waals surface area contributed by atoms with E-state index in [2.05, 4.69) is 0 Å². The highest BCUT2D eigenvalue weighted by molar-refractivity contribution is 6.30. The van der Waals surface area contributed by atoms with Crippen LogP contribution in [0.15, 0.2) is 42.5 Å². The Labute approximate surface area is 114 Å². The molecule has 0 aliphatic carbocycles. The Kier molecular flexibility index (Phi) is 4.02. The van der Waals surface area contributed by atoms with Crippen molar-refractivity contribution < 1.29 is 19.0 Å². The van der Waals surface area contributed by atoms with Crippen LogP contribution < -0.4 is 4.74 Å². The summed E-state index contributed by atoms with van der Waals surface area (Å²) in [4.78, 5) is 11.0. The van der Waals surface area contributed by atoms with Gasteiger partial charge in [-0.25, -0.2) is 9.18 Å². The van der Waals surface area contributed by atoms with Gasteiger partial charge in [0, 0.05) is 10.6 Å². The van der Waals surface area contributed by atoms with Gasteiger partial charge in [-0.05, 0) is 24.3 Å². The highest BCUT2D eigenvalue weighted by atomic mass is 35.5. The van der Waals surface area contributed by atoms with E-state index in [0.29, 0.717) is 10.6 Å². The summed E-state index contributed by atoms with van der Waals surface area (Å²) in [6, 6.07) is 10.3. The van der Waals surface area contributed by atoms with E-state index in [1.165, 1.54) is 24.3 Å². The molecule has 1 N–H and O–H groups in total. The van der Waals surface area contributed by atoms with Crippen LogP contribution in [0.2, 0.25) is 5.02 Å². The first kappa shape index (κ1) is 13.4. The molecule has 0 aromatic heterocycles. The van der Waals surface area contributed by atoms with Crippen molar-refractivity contribution in [2.45, 2.75) is 6.61 Å². The zero-order valence-corrected chi connectivity index (χ0v) is 10.5. The minimum atomic E-state index is -1.12. The van der Waals surface area contributed by atoms with Crippen LogP contribution in [0.3, 0.4) is 0 Å². The van der Waals surface area contributed by atoms with Crippen LogP contribution in [0.4, 0.5) is 4.39 Å². The van der Waals surface area contributed by atoms with Crippen LogP contribution in [-0.2, 0) is 6.61 Å². The van der Waals surface area contributed by atoms with E-state index in [4.69, 9.17) is 21.4 Å². The van der Waals surface area contributed by atoms with E-state index in [1.54, 1.807) is 18.2 Å². The fourth-order valence-electron chi connectivity index (χ4n) is 1.56. The second-order valence-corrected chi connectivity index (χ2v) is 4.26. The van der Waals surface area contributed by atoms with Gasteiger partial charge in [0.1, 0.15) is 23.7 Å². The van der Waals surface area contributed by atoms with Crippen molar-refractivity contribution in [2.24, 2.45) is 0 Å². The van der Waals surface area contributed by atoms with Crippen molar-refractivity contribution in [1.82, 2.24) is 0 Å². The lowest BCUT2D eigenvalue weighted by Crippen LogP contribution is -2.04. The maximum atomic E-state index is 13.4. The Morgan fingerprint density at radius 3 is 2.68 bits per heavy atom. The molecule has 0 radical (unpaired) electrons. The fourth-order valence-corrected chi connectivity index (χ4v) is 1.73. The van der Waals surface area contributed by atoms with Gasteiger partial charge in [-0.3, -0.25) is 0 Å². The molecule has 2 rings (SSSR count). The van der Waals surface area contributed by atoms with Crippen LogP contribution in [0.5, 0.6) is 5.75 Å². The van der Waals surface area contributed by atoms with Crippen LogP contribution >= 0.6 is 11.6 Å². The predicted molar refractivity (Wildman–Crippen MR) is 69.1 cm³/mol. The fraction of sp³-hybridized carbons (Fsp3) is 0.0714. The average molecular weight is 281 g/mol. The largest absolute Gasteiger partial charge is 0.488 e. The maximum Gasteiger partial charge on any atom is 0.339 e. The first-order chi connectivity index (χ1) is 9.08. The summed E-state index contributed by atoms with van der Waals surface area (Å²) >= 11 is 5.79. The molecule has 0 saturated heterocycles. The van der Waals surface area contributed by atoms with Crippen molar-refractivity contribution in [1.29, 1.82) is 0 Å². The molecule has 0 unspecified atom stereocenters. The molecule has 0 aliphatic rings. The summed E-state index contributed by atoms with van der Waals surface area (Å²) < 4.78 is 18.7. The van der Waals surface area contributed by atoms with Crippen molar-refractivity contribution in [2.75, 3.05) is 0 Å². The van der Waals surface area contributed by atoms with Gasteiger partial charge in [0.15, 0.2) is 0 Å². The second-order valence-electron chi connectivity index (χ2n) is 3.83. The Morgan fingerprint density at radius 2 is 2.00 bits per heavy atom. The number of hydrogen-bond acceptors (Lipinski definition) is 2. The SMILES string of the molecule is O=C(O)c1ccc(Cl)cc1OCc1ccccc1F. The van der Waals surface area contributed by atoms with Crippen LogP contribution in [-0.4, -0.2) is 11.1 Å². The number of aromatic carboxylic acids is 1. The molecular weight excluding hydrogens is 271 g/mol. The first-order valence-corrected chi connectivity index (χ1v) is 5.85. The first-order valence-electron chi connectivity index (χ1n) is 5.47. The van der Waals surface area contributed by atoms with E-state index in [9.17, 15) is 9.18 Å². The van der Waals surface area contributed by atoms with Crippen molar-refractivity contribution in [3.05, 3.63) is 64.4 Å². The number of benzene rings is 2. The smallest absolute Gasteiger partial charge is 0.339 e. The molecule has 0 fully saturated rings. The lowest BCUT2D eigenvalue weighted by atomic mass is 10.2. The maximum absolute atomic E-state index is 13.4. The average Bonchev–Trinajstić information content (AvgIpc) is 2.37. The highest BCUT2D eigenvalue weighted by Gasteiger charge is 2.12. The number of ether oxygens (including phenoxy) is 1. The quantitative estimate of drug-likeness (QED) is 0.927. The van der Waals surface area contributed by atoms with Gasteiger partial charge in [0.25, 0.3) is 0 Å². The monoisotopic (exact) mass is 280 g/mol. The van der Waals surface area contributed by atoms with Crippen LogP contribution in [0.25, 0.3) is 0 Å². The van der Waals surface area contributed by atoms with Gasteiger partial charge in [-0.2, -0.15) is 0 Å². The van der Waals surface area contributed by atoms with Gasteiger partial charge < -0.3 is 9.84 Å². The van der Waals surface area contributed by atoms with E-state index >= 15 is 0 Å². The van der Waals surface area contributed by atoms with E-state index in [1.807, 2.05) is 0 Å². The molecule has 0 amide bonds. The number of carbonyl (C=O) groups is 1. The molecule has 0 aliphatic heterocycles. The number of halogens is 2. The Morgan fingerprint density at radius 1 is 1.26 bits per heavy atom. The predicted octanol–water partition coefficient (Wildman–Crippen LogP) is 3.76. The number of hydrogen-bond donors (Lipinski definition) is 1. The third kappa shape index (κ3) is 3.23. The van der Waals surface area contributed by atoms with Gasteiger partial charge in [0.05, 0.1) is 0 Å². The summed E-state index contributed by atoms with van der Waals surface area (Å²) in [5.74, 6) is -1.41. The van der Waals surface area contributed by atoms with Crippen LogP contribution in [0.1, 0.15) is 15.9 Å². The van der Waals surface area contributed by atoms with Crippen molar-refractivity contribution in [3.63, 3.8) is 0 Å². The lowest BCUT2D eigenvalue weighted by molar-refractivity contribution is 0.0692. The van der Waals surface area contributed by atoms with Gasteiger partial charge in [-0.1, -0.05) is 29.8 Å². The molecule has 19 heavy (non-hydrogen) atoms. The van der Waals surface area contributed by atoms with E-state index in [0.717, 1.165) is 0 Å². The molecule has 0 bridgehead atoms. The summed E-state index contributed by atoms with van der Waals surface area (Å²) in [5.41, 5.74) is 0.333. The summed E-state index contributed by atoms with van der Waals surface area (Å²) in [7, 11) is 0. The number of rotatable bonds is 4. The Balaban J connectivity index is 2.22. The summed E-state index contributed by atoms with van der Waals surface area (Å²) in [6.07, 6.45) is 0. The third-order valence-corrected chi connectivity index (χ3v) is 2.75. The molecular formula is C14H10ClFO3. The zero-order valence-electron chi connectivity index (χ0n) is 9.77. The second kappa shape index (κ2) is 5.71. The number of carboxylic acids is 1. The molecule has 98 valence electrons. The molecule has 0 saturated carbocycles. The van der Waals surface area contributed by atoms with E-state index < -0.39 is 11.8 Å². The third-order valence-electron chi connectivity index (χ3n) is 2.52. The summed E-state index contributed by atoms with van der Waals surface area (Å²) in [5, 5.41) is 9.37. The van der Waals surface area contributed by atoms with Crippen molar-refractivity contribution >= 4 is 17.6 Å². The van der Waals surface area contributed by atoms with Gasteiger partial charge >= 0.3 is 5.97 Å². The van der Waals surface area contributed by atoms with Crippen LogP contribution in [0, 0.1) is 5.82 Å². The molecule has 0 spiro atoms. The molecule has 5 heteroatoms. The van der Waals surface area contributed by atoms with Crippen molar-refractivity contribution in [3.8, 4) is 5.75 Å². The number of carboxylic acid groups (broad SMARTS) is 1. The standard InChI is InChI=1S/C14H10ClFO3/c15-10-5-6-11(14(17)18)13(7-10)19-8-9-3-1-2-4-12(9)16/h1-7H,8H2,(H,17,18). The zero-order chi connectivity index (χ0) is 13.8. The summed E-state index contributed by atoms with van der Waals surface area (Å²) in [6.45, 7) is -0.0622. The Hall–Kier alpha value is -2.07. The topological polar surface area (TPSA) is 46.5 Å². The van der Waals surface area contributed by atoms with E-state index in [-0.39, 0.29) is 17.9 Å². The molecule has 3 nitrogen and oxygen atoms in total. The molecule has 2 aromatic carbocycles. The minimum Gasteiger partial charge on any atom is -0.488 e. The van der Waals surface area contributed by atoms with Gasteiger partial charge in [-0.15, -0.1) is 0 Å². The molecule has 0 heterocycles. The lowest BCUT2D eigenvalue weighted by Gasteiger charge is -2.10. The molecule has 2 aromatic rings. The normalized spacial score (nSPS) is 10.2.